The van der Waals surface area contributed by atoms with Gasteiger partial charge in [-0.05, 0) is 82.1 Å². The van der Waals surface area contributed by atoms with Crippen LogP contribution in [0, 0.1) is 6.92 Å². The number of nitrogens with zero attached hydrogens (tertiary/aromatic N) is 5. The fraction of sp³-hybridized carbons (Fsp3) is 0.353. The lowest BCUT2D eigenvalue weighted by atomic mass is 10.1. The van der Waals surface area contributed by atoms with Gasteiger partial charge in [0, 0.05) is 47.3 Å². The quantitative estimate of drug-likeness (QED) is 0.156. The Kier molecular flexibility index (Phi) is 8.55. The number of nitrogen functional groups attached to an aromatic ring is 1. The van der Waals surface area contributed by atoms with Crippen LogP contribution in [0.2, 0.25) is 0 Å². The molecule has 3 aromatic carbocycles. The molecule has 11 nitrogen and oxygen atoms in total. The molecule has 1 saturated heterocycles. The maximum Gasteiger partial charge on any atom is 0.435 e. The van der Waals surface area contributed by atoms with Crippen LogP contribution in [0.4, 0.5) is 22.0 Å². The molecule has 0 radical (unpaired) electrons. The van der Waals surface area contributed by atoms with Crippen LogP contribution >= 0.6 is 0 Å². The second-order valence-electron chi connectivity index (χ2n) is 12.2. The summed E-state index contributed by atoms with van der Waals surface area (Å²) in [4.78, 5) is 25.0. The molecule has 0 saturated carbocycles. The van der Waals surface area contributed by atoms with Gasteiger partial charge < -0.3 is 25.3 Å². The van der Waals surface area contributed by atoms with Gasteiger partial charge in [0.2, 0.25) is 0 Å². The van der Waals surface area contributed by atoms with Crippen molar-refractivity contribution in [3.63, 3.8) is 0 Å². The van der Waals surface area contributed by atoms with E-state index in [1.807, 2.05) is 82.3 Å². The van der Waals surface area contributed by atoms with Gasteiger partial charge in [-0.3, -0.25) is 4.90 Å². The van der Waals surface area contributed by atoms with Crippen LogP contribution in [-0.2, 0) is 9.47 Å². The largest absolute Gasteiger partial charge is 0.493 e. The highest BCUT2D eigenvalue weighted by Crippen LogP contribution is 2.33. The molecule has 5 aromatic rings. The third-order valence-corrected chi connectivity index (χ3v) is 7.51. The lowest BCUT2D eigenvalue weighted by molar-refractivity contribution is 0.0358. The van der Waals surface area contributed by atoms with Crippen molar-refractivity contribution < 1.29 is 19.0 Å². The Morgan fingerprint density at radius 3 is 2.67 bits per heavy atom. The Morgan fingerprint density at radius 2 is 1.89 bits per heavy atom. The summed E-state index contributed by atoms with van der Waals surface area (Å²) in [6.45, 7) is 12.6. The maximum atomic E-state index is 12.7. The lowest BCUT2D eigenvalue weighted by Crippen LogP contribution is -2.37. The van der Waals surface area contributed by atoms with Crippen molar-refractivity contribution in [1.82, 2.24) is 24.6 Å². The van der Waals surface area contributed by atoms with Crippen LogP contribution < -0.4 is 15.8 Å². The summed E-state index contributed by atoms with van der Waals surface area (Å²) in [7, 11) is 0. The summed E-state index contributed by atoms with van der Waals surface area (Å²) >= 11 is 0. The Balaban J connectivity index is 1.31. The molecule has 0 atom stereocenters. The van der Waals surface area contributed by atoms with E-state index in [2.05, 4.69) is 15.3 Å². The average Bonchev–Trinajstić information content (AvgIpc) is 3.43. The van der Waals surface area contributed by atoms with E-state index in [1.54, 1.807) is 6.20 Å². The predicted molar refractivity (Wildman–Crippen MR) is 176 cm³/mol. The first kappa shape index (κ1) is 30.3. The molecule has 3 N–H and O–H groups in total. The highest BCUT2D eigenvalue weighted by Gasteiger charge is 2.20. The molecule has 1 aliphatic heterocycles. The molecule has 6 rings (SSSR count). The number of hydrogen-bond acceptors (Lipinski definition) is 10. The van der Waals surface area contributed by atoms with Crippen LogP contribution in [0.25, 0.3) is 33.2 Å². The van der Waals surface area contributed by atoms with Crippen molar-refractivity contribution in [1.29, 1.82) is 0 Å². The predicted octanol–water partition coefficient (Wildman–Crippen LogP) is 6.17. The summed E-state index contributed by atoms with van der Waals surface area (Å²) in [5, 5.41) is 9.36. The molecule has 1 fully saturated rings. The van der Waals surface area contributed by atoms with E-state index in [4.69, 9.17) is 29.9 Å². The van der Waals surface area contributed by atoms with Gasteiger partial charge in [0.05, 0.1) is 37.1 Å². The number of rotatable bonds is 8. The minimum absolute atomic E-state index is 0.528. The molecule has 11 heteroatoms. The van der Waals surface area contributed by atoms with Crippen molar-refractivity contribution in [3.8, 4) is 17.1 Å². The van der Waals surface area contributed by atoms with Crippen LogP contribution in [0.15, 0.2) is 60.8 Å². The number of fused-ring (bicyclic) bond motifs is 2. The number of carbonyl (C=O) groups is 1. The van der Waals surface area contributed by atoms with Crippen molar-refractivity contribution in [3.05, 3.63) is 66.4 Å². The molecule has 234 valence electrons. The molecule has 2 aromatic heterocycles. The Morgan fingerprint density at radius 1 is 1.07 bits per heavy atom. The standard InChI is InChI=1S/C34H39N7O4/c1-22-17-28-27(20-30(22)44-14-6-11-40-12-15-43-16-13-40)32(39-31(38-28)23-7-5-8-25(35)18-23)37-26-9-10-29-24(19-26)21-36-41(29)33(42)45-34(2,3)4/h5,7-10,17-21H,6,11-16,35H2,1-4H3,(H,37,38,39). The van der Waals surface area contributed by atoms with E-state index in [-0.39, 0.29) is 0 Å². The van der Waals surface area contributed by atoms with Gasteiger partial charge in [-0.1, -0.05) is 12.1 Å². The van der Waals surface area contributed by atoms with Crippen LogP contribution in [0.1, 0.15) is 32.8 Å². The van der Waals surface area contributed by atoms with Gasteiger partial charge in [0.15, 0.2) is 5.82 Å². The lowest BCUT2D eigenvalue weighted by Gasteiger charge is -2.26. The third-order valence-electron chi connectivity index (χ3n) is 7.51. The molecule has 1 aliphatic rings. The summed E-state index contributed by atoms with van der Waals surface area (Å²) in [6, 6.07) is 17.2. The second-order valence-corrected chi connectivity index (χ2v) is 12.2. The number of nitrogens with two attached hydrogens (primary N) is 1. The number of benzene rings is 3. The molecule has 0 amide bonds. The van der Waals surface area contributed by atoms with Crippen molar-refractivity contribution in [2.24, 2.45) is 0 Å². The SMILES string of the molecule is Cc1cc2nc(-c3cccc(N)c3)nc(Nc3ccc4c(cnn4C(=O)OC(C)(C)C)c3)c2cc1OCCCN1CCOCC1. The first-order valence-corrected chi connectivity index (χ1v) is 15.2. The number of anilines is 3. The Bertz CT molecular complexity index is 1840. The number of ether oxygens (including phenoxy) is 3. The maximum absolute atomic E-state index is 12.7. The average molecular weight is 610 g/mol. The van der Waals surface area contributed by atoms with Crippen LogP contribution in [0.3, 0.4) is 0 Å². The summed E-state index contributed by atoms with van der Waals surface area (Å²) in [5.74, 6) is 1.96. The first-order valence-electron chi connectivity index (χ1n) is 15.2. The van der Waals surface area contributed by atoms with Crippen molar-refractivity contribution in [2.45, 2.75) is 39.7 Å². The Labute approximate surface area is 262 Å². The van der Waals surface area contributed by atoms with E-state index < -0.39 is 11.7 Å². The summed E-state index contributed by atoms with van der Waals surface area (Å²) in [5.41, 5.74) is 10.1. The fourth-order valence-electron chi connectivity index (χ4n) is 5.31. The molecule has 45 heavy (non-hydrogen) atoms. The van der Waals surface area contributed by atoms with E-state index in [0.29, 0.717) is 29.5 Å². The zero-order valence-corrected chi connectivity index (χ0v) is 26.2. The van der Waals surface area contributed by atoms with Gasteiger partial charge in [-0.25, -0.2) is 14.8 Å². The molecule has 0 bridgehead atoms. The number of morpholine rings is 1. The van der Waals surface area contributed by atoms with Gasteiger partial charge >= 0.3 is 6.09 Å². The van der Waals surface area contributed by atoms with E-state index in [0.717, 1.165) is 78.1 Å². The molecule has 0 aliphatic carbocycles. The minimum Gasteiger partial charge on any atom is -0.493 e. The second kappa shape index (κ2) is 12.7. The fourth-order valence-corrected chi connectivity index (χ4v) is 5.31. The van der Waals surface area contributed by atoms with Gasteiger partial charge in [0.25, 0.3) is 0 Å². The first-order chi connectivity index (χ1) is 21.6. The topological polar surface area (TPSA) is 130 Å². The van der Waals surface area contributed by atoms with E-state index >= 15 is 0 Å². The Hall–Kier alpha value is -4.74. The van der Waals surface area contributed by atoms with Crippen LogP contribution in [-0.4, -0.2) is 75.8 Å². The van der Waals surface area contributed by atoms with Gasteiger partial charge in [0.1, 0.15) is 17.2 Å². The zero-order valence-electron chi connectivity index (χ0n) is 26.2. The van der Waals surface area contributed by atoms with E-state index in [9.17, 15) is 4.79 Å². The number of hydrogen-bond donors (Lipinski definition) is 2. The monoisotopic (exact) mass is 609 g/mol. The minimum atomic E-state index is -0.629. The van der Waals surface area contributed by atoms with E-state index in [1.165, 1.54) is 4.68 Å². The number of carbonyl (C=O) groups excluding carboxylic acids is 1. The smallest absolute Gasteiger partial charge is 0.435 e. The molecular formula is C34H39N7O4. The van der Waals surface area contributed by atoms with Gasteiger partial charge in [-0.2, -0.15) is 9.78 Å². The highest BCUT2D eigenvalue weighted by atomic mass is 16.6. The molecule has 0 spiro atoms. The molecule has 3 heterocycles. The summed E-state index contributed by atoms with van der Waals surface area (Å²) < 4.78 is 18.5. The van der Waals surface area contributed by atoms with Crippen LogP contribution in [0.5, 0.6) is 5.75 Å². The summed E-state index contributed by atoms with van der Waals surface area (Å²) in [6.07, 6.45) is 2.04. The number of nitrogens with one attached hydrogen (secondary N) is 1. The number of aryl methyl sites for hydroxylation is 1. The van der Waals surface area contributed by atoms with Crippen molar-refractivity contribution in [2.75, 3.05) is 50.5 Å². The van der Waals surface area contributed by atoms with Gasteiger partial charge in [-0.15, -0.1) is 0 Å². The number of aromatic nitrogens is 4. The van der Waals surface area contributed by atoms with Crippen molar-refractivity contribution >= 4 is 45.1 Å². The third kappa shape index (κ3) is 7.16. The normalized spacial score (nSPS) is 14.1. The molecule has 0 unspecified atom stereocenters. The molecular weight excluding hydrogens is 570 g/mol. The highest BCUT2D eigenvalue weighted by molar-refractivity contribution is 5.95. The zero-order chi connectivity index (χ0) is 31.6.